The number of ether oxygens (including phenoxy) is 2. The highest BCUT2D eigenvalue weighted by molar-refractivity contribution is 7.00. The van der Waals surface area contributed by atoms with E-state index in [9.17, 15) is 0 Å². The largest absolute Gasteiger partial charge is 0.497 e. The fourth-order valence-corrected chi connectivity index (χ4v) is 11.5. The summed E-state index contributed by atoms with van der Waals surface area (Å²) in [6.45, 7) is 0. The first-order valence-corrected chi connectivity index (χ1v) is 26.0. The number of para-hydroxylation sites is 1. The number of fused-ring (bicyclic) bond motifs is 7. The molecule has 0 amide bonds. The summed E-state index contributed by atoms with van der Waals surface area (Å²) in [5.74, 6) is 1.67. The minimum absolute atomic E-state index is 0.833. The van der Waals surface area contributed by atoms with Crippen LogP contribution in [0.15, 0.2) is 247 Å². The monoisotopic (exact) mass is 998 g/mol. The highest BCUT2D eigenvalue weighted by Gasteiger charge is 2.22. The minimum atomic E-state index is 0.833. The van der Waals surface area contributed by atoms with Crippen LogP contribution >= 0.6 is 11.7 Å². The predicted octanol–water partition coefficient (Wildman–Crippen LogP) is 18.5. The molecule has 0 bridgehead atoms. The number of furan rings is 1. The lowest BCUT2D eigenvalue weighted by Gasteiger charge is -2.26. The highest BCUT2D eigenvalue weighted by atomic mass is 32.1. The third kappa shape index (κ3) is 7.74. The van der Waals surface area contributed by atoms with Crippen LogP contribution in [0.5, 0.6) is 11.5 Å². The summed E-state index contributed by atoms with van der Waals surface area (Å²) in [6.07, 6.45) is 0. The van der Waals surface area contributed by atoms with Crippen LogP contribution < -0.4 is 14.4 Å². The van der Waals surface area contributed by atoms with Gasteiger partial charge in [-0.05, 0) is 159 Å². The molecule has 7 nitrogen and oxygen atoms in total. The average Bonchev–Trinajstić information content (AvgIpc) is 4.28. The van der Waals surface area contributed by atoms with Gasteiger partial charge in [0.1, 0.15) is 33.7 Å². The van der Waals surface area contributed by atoms with Crippen molar-refractivity contribution >= 4 is 83.6 Å². The molecule has 0 radical (unpaired) electrons. The topological polar surface area (TPSA) is 65.6 Å². The summed E-state index contributed by atoms with van der Waals surface area (Å²) in [5.41, 5.74) is 20.9. The van der Waals surface area contributed by atoms with Gasteiger partial charge in [-0.25, -0.2) is 0 Å². The zero-order valence-electron chi connectivity index (χ0n) is 41.5. The number of methoxy groups -OCH3 is 2. The summed E-state index contributed by atoms with van der Waals surface area (Å²) in [5, 5.41) is 4.57. The zero-order valence-corrected chi connectivity index (χ0v) is 42.3. The van der Waals surface area contributed by atoms with Crippen molar-refractivity contribution in [3.63, 3.8) is 0 Å². The van der Waals surface area contributed by atoms with Crippen molar-refractivity contribution in [2.75, 3.05) is 19.1 Å². The molecule has 0 saturated carbocycles. The number of hydrogen-bond donors (Lipinski definition) is 0. The molecule has 0 N–H and O–H groups in total. The van der Waals surface area contributed by atoms with E-state index in [0.29, 0.717) is 0 Å². The molecule has 14 rings (SSSR count). The Labute approximate surface area is 443 Å². The first kappa shape index (κ1) is 44.9. The van der Waals surface area contributed by atoms with Crippen molar-refractivity contribution in [1.82, 2.24) is 13.3 Å². The fraction of sp³-hybridized carbons (Fsp3) is 0.0294. The van der Waals surface area contributed by atoms with Gasteiger partial charge >= 0.3 is 0 Å². The van der Waals surface area contributed by atoms with Gasteiger partial charge in [0.2, 0.25) is 0 Å². The maximum Gasteiger partial charge on any atom is 0.136 e. The molecule has 362 valence electrons. The van der Waals surface area contributed by atoms with Gasteiger partial charge in [0.05, 0.1) is 42.7 Å². The van der Waals surface area contributed by atoms with E-state index in [1.165, 1.54) is 28.1 Å². The third-order valence-electron chi connectivity index (χ3n) is 14.8. The van der Waals surface area contributed by atoms with Gasteiger partial charge in [-0.3, -0.25) is 0 Å². The van der Waals surface area contributed by atoms with Gasteiger partial charge in [0.25, 0.3) is 0 Å². The van der Waals surface area contributed by atoms with Gasteiger partial charge < -0.3 is 23.4 Å². The van der Waals surface area contributed by atoms with E-state index in [1.54, 1.807) is 14.2 Å². The first-order valence-electron chi connectivity index (χ1n) is 25.3. The molecule has 0 fully saturated rings. The van der Waals surface area contributed by atoms with Crippen LogP contribution in [-0.2, 0) is 0 Å². The molecular weight excluding hydrogens is 953 g/mol. The number of benzene rings is 11. The molecule has 14 aromatic rings. The van der Waals surface area contributed by atoms with Gasteiger partial charge in [0, 0.05) is 44.2 Å². The van der Waals surface area contributed by atoms with Crippen LogP contribution in [0.25, 0.3) is 116 Å². The van der Waals surface area contributed by atoms with Crippen LogP contribution in [0.1, 0.15) is 0 Å². The molecule has 0 unspecified atom stereocenters. The Balaban J connectivity index is 0.852. The smallest absolute Gasteiger partial charge is 0.136 e. The molecule has 0 aliphatic rings. The first-order chi connectivity index (χ1) is 37.6. The number of rotatable bonds is 11. The molecule has 11 aromatic carbocycles. The average molecular weight is 999 g/mol. The predicted molar refractivity (Wildman–Crippen MR) is 314 cm³/mol. The molecular formula is C68H46N4O3S. The van der Waals surface area contributed by atoms with Crippen molar-refractivity contribution in [3.05, 3.63) is 243 Å². The van der Waals surface area contributed by atoms with Gasteiger partial charge in [0.15, 0.2) is 0 Å². The second kappa shape index (κ2) is 18.6. The van der Waals surface area contributed by atoms with Gasteiger partial charge in [-0.2, -0.15) is 8.75 Å². The Kier molecular flexibility index (Phi) is 11.0. The minimum Gasteiger partial charge on any atom is -0.497 e. The lowest BCUT2D eigenvalue weighted by atomic mass is 9.98. The zero-order chi connectivity index (χ0) is 50.7. The number of hydrogen-bond acceptors (Lipinski definition) is 7. The highest BCUT2D eigenvalue weighted by Crippen LogP contribution is 2.45. The van der Waals surface area contributed by atoms with Crippen LogP contribution in [0.3, 0.4) is 0 Å². The van der Waals surface area contributed by atoms with E-state index in [-0.39, 0.29) is 0 Å². The van der Waals surface area contributed by atoms with Crippen LogP contribution in [-0.4, -0.2) is 27.5 Å². The number of nitrogens with zero attached hydrogens (tertiary/aromatic N) is 4. The molecule has 8 heteroatoms. The van der Waals surface area contributed by atoms with Crippen LogP contribution in [0, 0.1) is 0 Å². The van der Waals surface area contributed by atoms with Crippen LogP contribution in [0.2, 0.25) is 0 Å². The van der Waals surface area contributed by atoms with E-state index in [4.69, 9.17) is 22.6 Å². The van der Waals surface area contributed by atoms with Crippen molar-refractivity contribution < 1.29 is 13.9 Å². The quantitative estimate of drug-likeness (QED) is 0.129. The summed E-state index contributed by atoms with van der Waals surface area (Å²) in [7, 11) is 3.40. The van der Waals surface area contributed by atoms with E-state index < -0.39 is 0 Å². The van der Waals surface area contributed by atoms with Crippen molar-refractivity contribution in [2.45, 2.75) is 0 Å². The maximum absolute atomic E-state index is 6.28. The third-order valence-corrected chi connectivity index (χ3v) is 15.3. The Bertz CT molecular complexity index is 4340. The number of anilines is 3. The lowest BCUT2D eigenvalue weighted by molar-refractivity contribution is 0.415. The molecule has 0 aliphatic carbocycles. The molecule has 0 aliphatic heterocycles. The van der Waals surface area contributed by atoms with E-state index >= 15 is 0 Å². The standard InChI is InChI=1S/C68H46N4O3S/c1-73-54-33-21-45(22-34-54)49-25-38-61-59(41-49)60-42-50(46-23-35-55(74-2)36-24-46)26-39-62(60)72(61)53-31-19-48(20-32-53)57-37-40-63(68-67(57)69-76-70-68)71(51-27-15-44(16-28-51)43-9-4-3-5-10-43)52-29-17-47(18-30-52)56-12-8-14-65-66(56)58-11-6-7-13-64(58)75-65/h3-42H,1-2H3. The second-order valence-corrected chi connectivity index (χ2v) is 19.5. The van der Waals surface area contributed by atoms with E-state index in [1.807, 2.05) is 42.5 Å². The molecule has 0 atom stereocenters. The Morgan fingerprint density at radius 3 is 1.53 bits per heavy atom. The van der Waals surface area contributed by atoms with Crippen LogP contribution in [0.4, 0.5) is 17.1 Å². The summed E-state index contributed by atoms with van der Waals surface area (Å²) < 4.78 is 29.6. The van der Waals surface area contributed by atoms with Gasteiger partial charge in [-0.15, -0.1) is 0 Å². The molecule has 76 heavy (non-hydrogen) atoms. The molecule has 3 aromatic heterocycles. The second-order valence-electron chi connectivity index (χ2n) is 19.0. The lowest BCUT2D eigenvalue weighted by Crippen LogP contribution is -2.10. The van der Waals surface area contributed by atoms with Crippen molar-refractivity contribution in [2.24, 2.45) is 0 Å². The van der Waals surface area contributed by atoms with Crippen molar-refractivity contribution in [3.8, 4) is 72.8 Å². The van der Waals surface area contributed by atoms with E-state index in [2.05, 4.69) is 210 Å². The Hall–Kier alpha value is -9.76. The SMILES string of the molecule is COc1ccc(-c2ccc3c(c2)c2cc(-c4ccc(OC)cc4)ccc2n3-c2ccc(-c3ccc(N(c4ccc(-c5ccccc5)cc4)c4ccc(-c5cccc6oc7ccccc7c56)cc4)c4nsnc34)cc2)cc1. The number of aromatic nitrogens is 3. The normalized spacial score (nSPS) is 11.6. The summed E-state index contributed by atoms with van der Waals surface area (Å²) >= 11 is 1.24. The maximum atomic E-state index is 6.28. The van der Waals surface area contributed by atoms with Gasteiger partial charge in [-0.1, -0.05) is 133 Å². The Morgan fingerprint density at radius 2 is 0.895 bits per heavy atom. The van der Waals surface area contributed by atoms with Crippen molar-refractivity contribution in [1.29, 1.82) is 0 Å². The fourth-order valence-electron chi connectivity index (χ4n) is 11.0. The molecule has 0 spiro atoms. The Morgan fingerprint density at radius 1 is 0.395 bits per heavy atom. The molecule has 3 heterocycles. The molecule has 0 saturated heterocycles. The van der Waals surface area contributed by atoms with E-state index in [0.717, 1.165) is 128 Å². The summed E-state index contributed by atoms with van der Waals surface area (Å²) in [6, 6.07) is 86.0. The summed E-state index contributed by atoms with van der Waals surface area (Å²) in [4.78, 5) is 2.30.